The van der Waals surface area contributed by atoms with Crippen LogP contribution in [0, 0.1) is 11.3 Å². The second kappa shape index (κ2) is 7.10. The van der Waals surface area contributed by atoms with Gasteiger partial charge in [0.2, 0.25) is 0 Å². The van der Waals surface area contributed by atoms with Crippen molar-refractivity contribution >= 4 is 50.5 Å². The average Bonchev–Trinajstić information content (AvgIpc) is 3.05. The molecule has 0 radical (unpaired) electrons. The van der Waals surface area contributed by atoms with E-state index in [9.17, 15) is 5.26 Å². The molecule has 0 N–H and O–H groups in total. The van der Waals surface area contributed by atoms with Crippen LogP contribution >= 0.6 is 38.9 Å². The van der Waals surface area contributed by atoms with Gasteiger partial charge < -0.3 is 0 Å². The van der Waals surface area contributed by atoms with E-state index in [1.54, 1.807) is 12.1 Å². The number of aromatic nitrogens is 1. The molecular weight excluding hydrogens is 392 g/mol. The van der Waals surface area contributed by atoms with Gasteiger partial charge in [-0.3, -0.25) is 0 Å². The fourth-order valence-electron chi connectivity index (χ4n) is 2.02. The molecule has 2 aromatic carbocycles. The molecule has 0 aliphatic rings. The van der Waals surface area contributed by atoms with E-state index in [2.05, 4.69) is 27.0 Å². The number of thiazole rings is 1. The van der Waals surface area contributed by atoms with Crippen LogP contribution in [0.1, 0.15) is 10.6 Å². The first-order valence-corrected chi connectivity index (χ1v) is 8.80. The van der Waals surface area contributed by atoms with E-state index in [0.717, 1.165) is 21.3 Å². The zero-order chi connectivity index (χ0) is 16.2. The van der Waals surface area contributed by atoms with Crippen LogP contribution in [0.15, 0.2) is 58.4 Å². The first kappa shape index (κ1) is 15.9. The summed E-state index contributed by atoms with van der Waals surface area (Å²) in [6, 6.07) is 17.5. The van der Waals surface area contributed by atoms with E-state index < -0.39 is 0 Å². The van der Waals surface area contributed by atoms with Crippen molar-refractivity contribution in [2.75, 3.05) is 0 Å². The minimum atomic E-state index is 0.542. The van der Waals surface area contributed by atoms with Crippen molar-refractivity contribution in [1.29, 1.82) is 5.26 Å². The van der Waals surface area contributed by atoms with Gasteiger partial charge in [-0.15, -0.1) is 11.3 Å². The minimum absolute atomic E-state index is 0.542. The van der Waals surface area contributed by atoms with Gasteiger partial charge in [0, 0.05) is 20.4 Å². The Hall–Kier alpha value is -1.93. The number of allylic oxidation sites excluding steroid dienone is 1. The van der Waals surface area contributed by atoms with Crippen LogP contribution in [-0.4, -0.2) is 4.98 Å². The van der Waals surface area contributed by atoms with Crippen LogP contribution in [-0.2, 0) is 0 Å². The number of hydrogen-bond acceptors (Lipinski definition) is 3. The molecule has 0 unspecified atom stereocenters. The highest BCUT2D eigenvalue weighted by atomic mass is 79.9. The maximum Gasteiger partial charge on any atom is 0.134 e. The van der Waals surface area contributed by atoms with E-state index in [1.165, 1.54) is 11.3 Å². The molecule has 2 nitrogen and oxygen atoms in total. The Labute approximate surface area is 151 Å². The number of benzene rings is 2. The molecule has 0 spiro atoms. The molecule has 0 atom stereocenters. The largest absolute Gasteiger partial charge is 0.235 e. The Bertz CT molecular complexity index is 890. The summed E-state index contributed by atoms with van der Waals surface area (Å²) in [6.07, 6.45) is 1.82. The second-order valence-electron chi connectivity index (χ2n) is 4.77. The third-order valence-electron chi connectivity index (χ3n) is 3.18. The Balaban J connectivity index is 1.92. The number of rotatable bonds is 3. The average molecular weight is 402 g/mol. The molecule has 1 aromatic heterocycles. The van der Waals surface area contributed by atoms with Gasteiger partial charge in [-0.1, -0.05) is 51.8 Å². The summed E-state index contributed by atoms with van der Waals surface area (Å²) < 4.78 is 1.03. The molecule has 0 saturated heterocycles. The van der Waals surface area contributed by atoms with E-state index in [-0.39, 0.29) is 0 Å². The molecule has 0 bridgehead atoms. The molecule has 5 heteroatoms. The summed E-state index contributed by atoms with van der Waals surface area (Å²) in [6.45, 7) is 0. The third-order valence-corrected chi connectivity index (χ3v) is 4.83. The van der Waals surface area contributed by atoms with Gasteiger partial charge in [0.1, 0.15) is 11.1 Å². The summed E-state index contributed by atoms with van der Waals surface area (Å²) in [4.78, 5) is 4.58. The molecule has 1 heterocycles. The van der Waals surface area contributed by atoms with E-state index in [1.807, 2.05) is 47.9 Å². The predicted molar refractivity (Wildman–Crippen MR) is 100 cm³/mol. The Morgan fingerprint density at radius 2 is 1.83 bits per heavy atom. The molecule has 0 amide bonds. The molecule has 3 aromatic rings. The predicted octanol–water partition coefficient (Wildman–Crippen LogP) is 6.29. The first-order chi connectivity index (χ1) is 11.2. The van der Waals surface area contributed by atoms with E-state index in [0.29, 0.717) is 15.6 Å². The van der Waals surface area contributed by atoms with Crippen molar-refractivity contribution < 1.29 is 0 Å². The highest BCUT2D eigenvalue weighted by Gasteiger charge is 2.09. The van der Waals surface area contributed by atoms with Crippen LogP contribution in [0.3, 0.4) is 0 Å². The lowest BCUT2D eigenvalue weighted by molar-refractivity contribution is 1.37. The lowest BCUT2D eigenvalue weighted by Crippen LogP contribution is -1.83. The highest BCUT2D eigenvalue weighted by molar-refractivity contribution is 9.10. The summed E-state index contributed by atoms with van der Waals surface area (Å²) in [5, 5.41) is 12.8. The Morgan fingerprint density at radius 3 is 2.48 bits per heavy atom. The lowest BCUT2D eigenvalue weighted by Gasteiger charge is -1.97. The lowest BCUT2D eigenvalue weighted by atomic mass is 10.1. The second-order valence-corrected chi connectivity index (χ2v) is 6.98. The molecule has 23 heavy (non-hydrogen) atoms. The molecule has 3 rings (SSSR count). The highest BCUT2D eigenvalue weighted by Crippen LogP contribution is 2.28. The fourth-order valence-corrected chi connectivity index (χ4v) is 3.20. The zero-order valence-electron chi connectivity index (χ0n) is 11.8. The smallest absolute Gasteiger partial charge is 0.134 e. The molecule has 0 aliphatic carbocycles. The maximum absolute atomic E-state index is 9.43. The Morgan fingerprint density at radius 1 is 1.13 bits per heavy atom. The fraction of sp³-hybridized carbons (Fsp3) is 0. The van der Waals surface area contributed by atoms with Crippen LogP contribution in [0.25, 0.3) is 22.9 Å². The van der Waals surface area contributed by atoms with Crippen LogP contribution in [0.5, 0.6) is 0 Å². The van der Waals surface area contributed by atoms with Crippen LogP contribution in [0.2, 0.25) is 5.02 Å². The SMILES string of the molecule is N#CC(=Cc1ccc(Cl)cc1)c1nc(-c2ccc(Br)cc2)cs1. The zero-order valence-corrected chi connectivity index (χ0v) is 15.0. The Kier molecular flexibility index (Phi) is 4.92. The number of nitrogens with zero attached hydrogens (tertiary/aromatic N) is 2. The van der Waals surface area contributed by atoms with Crippen LogP contribution < -0.4 is 0 Å². The number of nitriles is 1. The van der Waals surface area contributed by atoms with Crippen molar-refractivity contribution in [1.82, 2.24) is 4.98 Å². The molecular formula is C18H10BrClN2S. The summed E-state index contributed by atoms with van der Waals surface area (Å²) >= 11 is 10.8. The minimum Gasteiger partial charge on any atom is -0.235 e. The van der Waals surface area contributed by atoms with Crippen LogP contribution in [0.4, 0.5) is 0 Å². The van der Waals surface area contributed by atoms with Crippen molar-refractivity contribution in [3.05, 3.63) is 74.0 Å². The van der Waals surface area contributed by atoms with Gasteiger partial charge in [0.25, 0.3) is 0 Å². The van der Waals surface area contributed by atoms with Gasteiger partial charge in [-0.25, -0.2) is 4.98 Å². The number of halogens is 2. The normalized spacial score (nSPS) is 11.3. The van der Waals surface area contributed by atoms with Crippen molar-refractivity contribution in [3.63, 3.8) is 0 Å². The van der Waals surface area contributed by atoms with Crippen molar-refractivity contribution in [3.8, 4) is 17.3 Å². The molecule has 0 saturated carbocycles. The van der Waals surface area contributed by atoms with Crippen molar-refractivity contribution in [2.24, 2.45) is 0 Å². The standard InChI is InChI=1S/C18H10BrClN2S/c19-15-5-3-13(4-6-15)17-11-23-18(22-17)14(10-21)9-12-1-7-16(20)8-2-12/h1-9,11H. The topological polar surface area (TPSA) is 36.7 Å². The molecule has 0 aliphatic heterocycles. The number of hydrogen-bond donors (Lipinski definition) is 0. The van der Waals surface area contributed by atoms with Crippen molar-refractivity contribution in [2.45, 2.75) is 0 Å². The van der Waals surface area contributed by atoms with Gasteiger partial charge in [0.05, 0.1) is 11.3 Å². The summed E-state index contributed by atoms with van der Waals surface area (Å²) in [7, 11) is 0. The molecule has 0 fully saturated rings. The quantitative estimate of drug-likeness (QED) is 0.483. The van der Waals surface area contributed by atoms with Gasteiger partial charge in [0.15, 0.2) is 0 Å². The van der Waals surface area contributed by atoms with Gasteiger partial charge >= 0.3 is 0 Å². The summed E-state index contributed by atoms with van der Waals surface area (Å²) in [5.74, 6) is 0. The first-order valence-electron chi connectivity index (χ1n) is 6.75. The van der Waals surface area contributed by atoms with E-state index in [4.69, 9.17) is 11.6 Å². The van der Waals surface area contributed by atoms with Gasteiger partial charge in [-0.05, 0) is 35.9 Å². The molecule has 112 valence electrons. The van der Waals surface area contributed by atoms with E-state index >= 15 is 0 Å². The monoisotopic (exact) mass is 400 g/mol. The summed E-state index contributed by atoms with van der Waals surface area (Å²) in [5.41, 5.74) is 3.36. The maximum atomic E-state index is 9.43. The van der Waals surface area contributed by atoms with Gasteiger partial charge in [-0.2, -0.15) is 5.26 Å². The third kappa shape index (κ3) is 3.89.